The Balaban J connectivity index is 2.16. The molecule has 0 bridgehead atoms. The van der Waals surface area contributed by atoms with Crippen LogP contribution in [0.25, 0.3) is 0 Å². The van der Waals surface area contributed by atoms with E-state index < -0.39 is 6.10 Å². The normalized spacial score (nSPS) is 21.0. The molecule has 1 saturated heterocycles. The van der Waals surface area contributed by atoms with Crippen LogP contribution in [-0.4, -0.2) is 41.7 Å². The maximum Gasteiger partial charge on any atom is 0.254 e. The van der Waals surface area contributed by atoms with Gasteiger partial charge in [-0.1, -0.05) is 0 Å². The molecule has 4 nitrogen and oxygen atoms in total. The maximum atomic E-state index is 12.5. The van der Waals surface area contributed by atoms with Crippen LogP contribution < -0.4 is 4.74 Å². The molecule has 1 N–H and O–H groups in total. The van der Waals surface area contributed by atoms with E-state index in [0.29, 0.717) is 5.56 Å². The van der Waals surface area contributed by atoms with E-state index >= 15 is 0 Å². The van der Waals surface area contributed by atoms with Crippen molar-refractivity contribution in [3.63, 3.8) is 0 Å². The minimum Gasteiger partial charge on any atom is -0.497 e. The van der Waals surface area contributed by atoms with Crippen LogP contribution in [-0.2, 0) is 0 Å². The minimum absolute atomic E-state index is 0.00625. The van der Waals surface area contributed by atoms with Gasteiger partial charge < -0.3 is 14.7 Å². The number of amides is 1. The SMILES string of the molecule is COc1ccc(C(=O)N2CCCC[C@H]2[C@@H](C)O)cc1. The van der Waals surface area contributed by atoms with Gasteiger partial charge in [0, 0.05) is 12.1 Å². The molecule has 0 radical (unpaired) electrons. The first-order chi connectivity index (χ1) is 9.13. The van der Waals surface area contributed by atoms with Crippen molar-refractivity contribution >= 4 is 5.91 Å². The van der Waals surface area contributed by atoms with Crippen LogP contribution in [0.4, 0.5) is 0 Å². The summed E-state index contributed by atoms with van der Waals surface area (Å²) < 4.78 is 5.09. The first kappa shape index (κ1) is 13.9. The summed E-state index contributed by atoms with van der Waals surface area (Å²) in [4.78, 5) is 14.3. The fourth-order valence-corrected chi connectivity index (χ4v) is 2.61. The Kier molecular flexibility index (Phi) is 4.43. The van der Waals surface area contributed by atoms with Crippen LogP contribution in [0.15, 0.2) is 24.3 Å². The summed E-state index contributed by atoms with van der Waals surface area (Å²) in [6, 6.07) is 7.05. The molecule has 4 heteroatoms. The lowest BCUT2D eigenvalue weighted by molar-refractivity contribution is 0.0281. The summed E-state index contributed by atoms with van der Waals surface area (Å²) in [7, 11) is 1.60. The van der Waals surface area contributed by atoms with Crippen LogP contribution in [0.1, 0.15) is 36.5 Å². The molecule has 104 valence electrons. The molecule has 1 fully saturated rings. The first-order valence-corrected chi connectivity index (χ1v) is 6.76. The largest absolute Gasteiger partial charge is 0.497 e. The Hall–Kier alpha value is -1.55. The van der Waals surface area contributed by atoms with Crippen LogP contribution in [0, 0.1) is 0 Å². The summed E-state index contributed by atoms with van der Waals surface area (Å²) >= 11 is 0. The lowest BCUT2D eigenvalue weighted by Crippen LogP contribution is -2.48. The number of methoxy groups -OCH3 is 1. The monoisotopic (exact) mass is 263 g/mol. The van der Waals surface area contributed by atoms with Gasteiger partial charge in [-0.2, -0.15) is 0 Å². The van der Waals surface area contributed by atoms with Crippen LogP contribution in [0.2, 0.25) is 0 Å². The number of carbonyl (C=O) groups is 1. The van der Waals surface area contributed by atoms with Crippen molar-refractivity contribution in [1.82, 2.24) is 4.90 Å². The number of likely N-dealkylation sites (tertiary alicyclic amines) is 1. The molecule has 0 spiro atoms. The molecule has 1 aromatic carbocycles. The molecule has 0 aliphatic carbocycles. The highest BCUT2D eigenvalue weighted by atomic mass is 16.5. The summed E-state index contributed by atoms with van der Waals surface area (Å²) in [6.45, 7) is 2.48. The minimum atomic E-state index is -0.484. The molecular weight excluding hydrogens is 242 g/mol. The van der Waals surface area contributed by atoms with Gasteiger partial charge in [-0.25, -0.2) is 0 Å². The second kappa shape index (κ2) is 6.06. The molecule has 19 heavy (non-hydrogen) atoms. The van der Waals surface area contributed by atoms with Crippen molar-refractivity contribution < 1.29 is 14.6 Å². The number of ether oxygens (including phenoxy) is 1. The summed E-state index contributed by atoms with van der Waals surface area (Å²) in [6.07, 6.45) is 2.47. The van der Waals surface area contributed by atoms with Crippen LogP contribution in [0.3, 0.4) is 0 Å². The summed E-state index contributed by atoms with van der Waals surface area (Å²) in [5.41, 5.74) is 0.647. The second-order valence-corrected chi connectivity index (χ2v) is 5.03. The lowest BCUT2D eigenvalue weighted by atomic mass is 9.97. The number of carbonyl (C=O) groups excluding carboxylic acids is 1. The number of aliphatic hydroxyl groups excluding tert-OH is 1. The zero-order valence-electron chi connectivity index (χ0n) is 11.5. The average Bonchev–Trinajstić information content (AvgIpc) is 2.46. The smallest absolute Gasteiger partial charge is 0.254 e. The van der Waals surface area contributed by atoms with Gasteiger partial charge in [-0.3, -0.25) is 4.79 Å². The van der Waals surface area contributed by atoms with Gasteiger partial charge in [0.1, 0.15) is 5.75 Å². The van der Waals surface area contributed by atoms with Crippen LogP contribution >= 0.6 is 0 Å². The summed E-state index contributed by atoms with van der Waals surface area (Å²) in [5, 5.41) is 9.81. The van der Waals surface area contributed by atoms with Gasteiger partial charge >= 0.3 is 0 Å². The number of hydrogen-bond donors (Lipinski definition) is 1. The van der Waals surface area contributed by atoms with Crippen molar-refractivity contribution in [2.24, 2.45) is 0 Å². The van der Waals surface area contributed by atoms with Gasteiger partial charge in [-0.05, 0) is 50.5 Å². The highest BCUT2D eigenvalue weighted by Crippen LogP contribution is 2.23. The molecule has 1 amide bonds. The Labute approximate surface area is 114 Å². The predicted molar refractivity (Wildman–Crippen MR) is 73.4 cm³/mol. The topological polar surface area (TPSA) is 49.8 Å². The number of rotatable bonds is 3. The van der Waals surface area contributed by atoms with E-state index in [-0.39, 0.29) is 11.9 Å². The zero-order valence-corrected chi connectivity index (χ0v) is 11.5. The third kappa shape index (κ3) is 3.07. The standard InChI is InChI=1S/C15H21NO3/c1-11(17)14-5-3-4-10-16(14)15(18)12-6-8-13(19-2)9-7-12/h6-9,11,14,17H,3-5,10H2,1-2H3/t11-,14+/m1/s1. The highest BCUT2D eigenvalue weighted by Gasteiger charge is 2.30. The Bertz CT molecular complexity index is 428. The molecular formula is C15H21NO3. The average molecular weight is 263 g/mol. The van der Waals surface area contributed by atoms with E-state index in [0.717, 1.165) is 31.6 Å². The number of benzene rings is 1. The lowest BCUT2D eigenvalue weighted by Gasteiger charge is -2.37. The fraction of sp³-hybridized carbons (Fsp3) is 0.533. The number of hydrogen-bond acceptors (Lipinski definition) is 3. The molecule has 1 aromatic rings. The first-order valence-electron chi connectivity index (χ1n) is 6.76. The Morgan fingerprint density at radius 2 is 2.05 bits per heavy atom. The van der Waals surface area contributed by atoms with Crippen molar-refractivity contribution in [1.29, 1.82) is 0 Å². The van der Waals surface area contributed by atoms with E-state index in [9.17, 15) is 9.90 Å². The van der Waals surface area contributed by atoms with Gasteiger partial charge in [0.25, 0.3) is 5.91 Å². The predicted octanol–water partition coefficient (Wildman–Crippen LogP) is 2.07. The van der Waals surface area contributed by atoms with Crippen molar-refractivity contribution in [3.05, 3.63) is 29.8 Å². The van der Waals surface area contributed by atoms with E-state index in [1.807, 2.05) is 0 Å². The van der Waals surface area contributed by atoms with E-state index in [4.69, 9.17) is 4.74 Å². The number of piperidine rings is 1. The number of aliphatic hydroxyl groups is 1. The molecule has 2 atom stereocenters. The third-order valence-electron chi connectivity index (χ3n) is 3.70. The fourth-order valence-electron chi connectivity index (χ4n) is 2.61. The molecule has 0 aromatic heterocycles. The Morgan fingerprint density at radius 1 is 1.37 bits per heavy atom. The van der Waals surface area contributed by atoms with E-state index in [1.165, 1.54) is 0 Å². The van der Waals surface area contributed by atoms with Gasteiger partial charge in [0.15, 0.2) is 0 Å². The number of nitrogens with zero attached hydrogens (tertiary/aromatic N) is 1. The Morgan fingerprint density at radius 3 is 2.63 bits per heavy atom. The zero-order chi connectivity index (χ0) is 13.8. The van der Waals surface area contributed by atoms with Gasteiger partial charge in [0.2, 0.25) is 0 Å². The van der Waals surface area contributed by atoms with E-state index in [1.54, 1.807) is 43.2 Å². The molecule has 2 rings (SSSR count). The maximum absolute atomic E-state index is 12.5. The third-order valence-corrected chi connectivity index (χ3v) is 3.70. The van der Waals surface area contributed by atoms with Crippen LogP contribution in [0.5, 0.6) is 5.75 Å². The van der Waals surface area contributed by atoms with Crippen molar-refractivity contribution in [2.75, 3.05) is 13.7 Å². The van der Waals surface area contributed by atoms with Crippen molar-refractivity contribution in [2.45, 2.75) is 38.3 Å². The molecule has 0 saturated carbocycles. The van der Waals surface area contributed by atoms with Crippen molar-refractivity contribution in [3.8, 4) is 5.75 Å². The quantitative estimate of drug-likeness (QED) is 0.908. The highest BCUT2D eigenvalue weighted by molar-refractivity contribution is 5.94. The van der Waals surface area contributed by atoms with Gasteiger partial charge in [-0.15, -0.1) is 0 Å². The molecule has 1 aliphatic rings. The molecule has 0 unspecified atom stereocenters. The second-order valence-electron chi connectivity index (χ2n) is 5.03. The summed E-state index contributed by atoms with van der Waals surface area (Å²) in [5.74, 6) is 0.732. The van der Waals surface area contributed by atoms with E-state index in [2.05, 4.69) is 0 Å². The van der Waals surface area contributed by atoms with Gasteiger partial charge in [0.05, 0.1) is 19.3 Å². The molecule has 1 aliphatic heterocycles. The molecule has 1 heterocycles.